The van der Waals surface area contributed by atoms with E-state index in [9.17, 15) is 24.6 Å². The molecule has 10 heteroatoms. The molecule has 3 amide bonds. The zero-order chi connectivity index (χ0) is 30.7. The van der Waals surface area contributed by atoms with E-state index in [1.54, 1.807) is 77.4 Å². The van der Waals surface area contributed by atoms with Gasteiger partial charge in [0.25, 0.3) is 11.8 Å². The summed E-state index contributed by atoms with van der Waals surface area (Å²) in [6, 6.07) is 19.1. The Balaban J connectivity index is 1.30. The molecule has 5 N–H and O–H groups in total. The second kappa shape index (κ2) is 12.7. The van der Waals surface area contributed by atoms with Gasteiger partial charge in [0, 0.05) is 45.9 Å². The van der Waals surface area contributed by atoms with Gasteiger partial charge in [-0.25, -0.2) is 0 Å². The van der Waals surface area contributed by atoms with Gasteiger partial charge in [-0.1, -0.05) is 47.1 Å². The van der Waals surface area contributed by atoms with Crippen molar-refractivity contribution in [2.24, 2.45) is 5.92 Å². The minimum Gasteiger partial charge on any atom is -0.399 e. The van der Waals surface area contributed by atoms with E-state index in [2.05, 4.69) is 21.2 Å². The summed E-state index contributed by atoms with van der Waals surface area (Å²) < 4.78 is 0.732. The average molecular weight is 648 g/mol. The average Bonchev–Trinajstić information content (AvgIpc) is 3.56. The van der Waals surface area contributed by atoms with Gasteiger partial charge < -0.3 is 31.1 Å². The van der Waals surface area contributed by atoms with Crippen LogP contribution in [-0.4, -0.2) is 52.0 Å². The zero-order valence-corrected chi connectivity index (χ0v) is 25.5. The molecular weight excluding hydrogens is 612 g/mol. The topological polar surface area (TPSA) is 136 Å². The number of nitrogens with one attached hydrogen (secondary N) is 1. The number of carbonyl (C=O) groups excluding carboxylic acids is 3. The third-order valence-corrected chi connectivity index (χ3v) is 8.73. The molecule has 0 spiro atoms. The van der Waals surface area contributed by atoms with E-state index < -0.39 is 17.4 Å². The van der Waals surface area contributed by atoms with Crippen molar-refractivity contribution in [2.45, 2.75) is 44.4 Å². The first-order valence-corrected chi connectivity index (χ1v) is 15.1. The van der Waals surface area contributed by atoms with Gasteiger partial charge in [0.1, 0.15) is 0 Å². The highest BCUT2D eigenvalue weighted by Gasteiger charge is 2.52. The summed E-state index contributed by atoms with van der Waals surface area (Å²) in [5.41, 5.74) is 7.45. The Bertz CT molecular complexity index is 1540. The number of nitrogens with two attached hydrogens (primary N) is 1. The Morgan fingerprint density at radius 1 is 1.14 bits per heavy atom. The fourth-order valence-electron chi connectivity index (χ4n) is 5.77. The zero-order valence-electron chi connectivity index (χ0n) is 23.9. The molecule has 3 aromatic rings. The van der Waals surface area contributed by atoms with E-state index in [1.165, 1.54) is 0 Å². The maximum Gasteiger partial charge on any atom is 0.264 e. The Hall–Kier alpha value is -3.99. The quantitative estimate of drug-likeness (QED) is 0.198. The predicted molar refractivity (Wildman–Crippen MR) is 169 cm³/mol. The summed E-state index contributed by atoms with van der Waals surface area (Å²) in [5, 5.41) is 24.3. The molecule has 1 saturated heterocycles. The summed E-state index contributed by atoms with van der Waals surface area (Å²) in [6.45, 7) is 2.55. The normalized spacial score (nSPS) is 20.5. The summed E-state index contributed by atoms with van der Waals surface area (Å²) in [6.07, 6.45) is 5.20. The number of rotatable bonds is 9. The number of nitrogen functional groups attached to an aromatic ring is 1. The van der Waals surface area contributed by atoms with Crippen molar-refractivity contribution in [1.82, 2.24) is 4.90 Å². The van der Waals surface area contributed by atoms with Crippen LogP contribution in [0.25, 0.3) is 0 Å². The lowest BCUT2D eigenvalue weighted by Gasteiger charge is -2.28. The van der Waals surface area contributed by atoms with Crippen LogP contribution < -0.4 is 16.0 Å². The van der Waals surface area contributed by atoms with Gasteiger partial charge in [-0.15, -0.1) is 0 Å². The minimum atomic E-state index is -1.83. The number of halogens is 1. The van der Waals surface area contributed by atoms with Crippen molar-refractivity contribution in [3.05, 3.63) is 100 Å². The number of aliphatic hydroxyl groups excluding tert-OH is 1. The van der Waals surface area contributed by atoms with Gasteiger partial charge in [-0.2, -0.15) is 0 Å². The van der Waals surface area contributed by atoms with Crippen LogP contribution in [0, 0.1) is 5.92 Å². The molecular formula is C33H35BrN4O5. The van der Waals surface area contributed by atoms with Gasteiger partial charge in [0.15, 0.2) is 5.60 Å². The fraction of sp³-hybridized carbons (Fsp3) is 0.303. The maximum absolute atomic E-state index is 13.9. The number of likely N-dealkylation sites (tertiary alicyclic amines) is 1. The molecule has 0 saturated carbocycles. The van der Waals surface area contributed by atoms with E-state index in [0.717, 1.165) is 22.9 Å². The van der Waals surface area contributed by atoms with E-state index in [4.69, 9.17) is 5.73 Å². The van der Waals surface area contributed by atoms with Gasteiger partial charge in [0.2, 0.25) is 5.91 Å². The number of amides is 3. The van der Waals surface area contributed by atoms with Crippen LogP contribution in [0.1, 0.15) is 47.7 Å². The Morgan fingerprint density at radius 2 is 1.86 bits per heavy atom. The molecule has 43 heavy (non-hydrogen) atoms. The molecule has 0 aromatic heterocycles. The number of anilines is 3. The molecule has 0 radical (unpaired) electrons. The van der Waals surface area contributed by atoms with Crippen LogP contribution >= 0.6 is 15.9 Å². The van der Waals surface area contributed by atoms with Crippen molar-refractivity contribution in [3.8, 4) is 0 Å². The van der Waals surface area contributed by atoms with Crippen molar-refractivity contribution in [3.63, 3.8) is 0 Å². The van der Waals surface area contributed by atoms with Gasteiger partial charge >= 0.3 is 0 Å². The molecule has 0 aliphatic carbocycles. The monoisotopic (exact) mass is 646 g/mol. The summed E-state index contributed by atoms with van der Waals surface area (Å²) >= 11 is 3.47. The number of aliphatic hydroxyl groups is 2. The molecule has 5 rings (SSSR count). The second-order valence-electron chi connectivity index (χ2n) is 11.1. The molecule has 1 fully saturated rings. The molecule has 2 aliphatic rings. The molecule has 3 atom stereocenters. The molecule has 3 aromatic carbocycles. The lowest BCUT2D eigenvalue weighted by atomic mass is 9.83. The van der Waals surface area contributed by atoms with Crippen molar-refractivity contribution in [2.75, 3.05) is 29.1 Å². The van der Waals surface area contributed by atoms with E-state index in [-0.39, 0.29) is 37.4 Å². The maximum atomic E-state index is 13.9. The number of benzene rings is 3. The highest BCUT2D eigenvalue weighted by molar-refractivity contribution is 9.10. The fourth-order valence-corrected chi connectivity index (χ4v) is 6.13. The lowest BCUT2D eigenvalue weighted by Crippen LogP contribution is -2.44. The Morgan fingerprint density at radius 3 is 2.56 bits per heavy atom. The number of hydrogen-bond acceptors (Lipinski definition) is 6. The predicted octanol–water partition coefficient (Wildman–Crippen LogP) is 4.58. The Labute approximate surface area is 259 Å². The van der Waals surface area contributed by atoms with Crippen molar-refractivity contribution < 1.29 is 24.6 Å². The number of fused-ring (bicyclic) bond motifs is 1. The van der Waals surface area contributed by atoms with Crippen LogP contribution in [-0.2, 0) is 21.7 Å². The highest BCUT2D eigenvalue weighted by atomic mass is 79.9. The molecule has 0 unspecified atom stereocenters. The SMILES string of the molecule is C[C@H](/C=C/CC(=O)N1CCC[C@H]1CO)[C@@]1(O)C(=O)N(Cc2ccc(NC(=O)c3ccc(N)cc3)cc2)c2ccc(Br)cc21. The first kappa shape index (κ1) is 30.5. The smallest absolute Gasteiger partial charge is 0.264 e. The third kappa shape index (κ3) is 6.22. The summed E-state index contributed by atoms with van der Waals surface area (Å²) in [5.74, 6) is -1.42. The van der Waals surface area contributed by atoms with Crippen LogP contribution in [0.15, 0.2) is 83.4 Å². The molecule has 0 bridgehead atoms. The summed E-state index contributed by atoms with van der Waals surface area (Å²) in [7, 11) is 0. The minimum absolute atomic E-state index is 0.0530. The van der Waals surface area contributed by atoms with E-state index in [0.29, 0.717) is 34.7 Å². The third-order valence-electron chi connectivity index (χ3n) is 8.24. The standard InChI is InChI=1S/C33H35BrN4O5/c1-21(4-2-6-30(40)37-17-3-5-27(37)20-39)33(43)28-18-24(34)11-16-29(28)38(32(33)42)19-22-7-14-26(15-8-22)36-31(41)23-9-12-25(35)13-10-23/h2,4,7-16,18,21,27,39,43H,3,5-6,17,19-20,35H2,1H3,(H,36,41)/b4-2+/t21-,27+,33+/m1/s1. The number of carbonyl (C=O) groups is 3. The van der Waals surface area contributed by atoms with Crippen LogP contribution in [0.3, 0.4) is 0 Å². The lowest BCUT2D eigenvalue weighted by molar-refractivity contribution is -0.139. The van der Waals surface area contributed by atoms with E-state index in [1.807, 2.05) is 18.2 Å². The molecule has 9 nitrogen and oxygen atoms in total. The van der Waals surface area contributed by atoms with Crippen LogP contribution in [0.4, 0.5) is 17.1 Å². The number of nitrogens with zero attached hydrogens (tertiary/aromatic N) is 2. The van der Waals surface area contributed by atoms with Gasteiger partial charge in [0.05, 0.1) is 24.9 Å². The van der Waals surface area contributed by atoms with Crippen molar-refractivity contribution in [1.29, 1.82) is 0 Å². The van der Waals surface area contributed by atoms with Gasteiger partial charge in [-0.05, 0) is 73.0 Å². The van der Waals surface area contributed by atoms with Crippen molar-refractivity contribution >= 4 is 50.7 Å². The molecule has 224 valence electrons. The largest absolute Gasteiger partial charge is 0.399 e. The molecule has 2 aliphatic heterocycles. The molecule has 2 heterocycles. The van der Waals surface area contributed by atoms with Crippen LogP contribution in [0.2, 0.25) is 0 Å². The first-order chi connectivity index (χ1) is 20.6. The van der Waals surface area contributed by atoms with E-state index >= 15 is 0 Å². The Kier molecular flexibility index (Phi) is 9.00. The van der Waals surface area contributed by atoms with Gasteiger partial charge in [-0.3, -0.25) is 14.4 Å². The number of hydrogen-bond donors (Lipinski definition) is 4. The van der Waals surface area contributed by atoms with Crippen LogP contribution in [0.5, 0.6) is 0 Å². The first-order valence-electron chi connectivity index (χ1n) is 14.3. The highest BCUT2D eigenvalue weighted by Crippen LogP contribution is 2.46. The second-order valence-corrected chi connectivity index (χ2v) is 12.0. The summed E-state index contributed by atoms with van der Waals surface area (Å²) in [4.78, 5) is 42.4.